The lowest BCUT2D eigenvalue weighted by atomic mass is 9.87. The number of thioether (sulfide) groups is 1. The van der Waals surface area contributed by atoms with Gasteiger partial charge in [-0.2, -0.15) is 0 Å². The van der Waals surface area contributed by atoms with Gasteiger partial charge in [0.2, 0.25) is 0 Å². The standard InChI is InChI=1S/C32H54O3S2/c1-29(2,23-33)17-11-9-13-25-19-31(5,6)20-26(36-25)15-16-28-22-32(7,8)21-27(37(28)35)14-10-12-18-30(3,4)24-34/h19-22,33-34H,9-18,23-24H2,1-8H3. The first-order valence-corrected chi connectivity index (χ1v) is 16.2. The molecule has 37 heavy (non-hydrogen) atoms. The molecule has 2 heterocycles. The molecule has 0 aromatic rings. The highest BCUT2D eigenvalue weighted by Crippen LogP contribution is 2.44. The number of hydrogen-bond acceptors (Lipinski definition) is 4. The molecule has 5 heteroatoms. The maximum Gasteiger partial charge on any atom is 0.0761 e. The second-order valence-corrected chi connectivity index (χ2v) is 16.9. The molecule has 1 atom stereocenters. The second-order valence-electron chi connectivity index (χ2n) is 14.0. The molecule has 0 spiro atoms. The van der Waals surface area contributed by atoms with Gasteiger partial charge in [-0.1, -0.05) is 104 Å². The minimum atomic E-state index is -1.04. The zero-order valence-electron chi connectivity index (χ0n) is 24.9. The minimum absolute atomic E-state index is 0.0128. The van der Waals surface area contributed by atoms with Crippen LogP contribution in [-0.2, 0) is 10.8 Å². The lowest BCUT2D eigenvalue weighted by molar-refractivity contribution is 0.147. The van der Waals surface area contributed by atoms with Crippen molar-refractivity contribution in [1.82, 2.24) is 0 Å². The number of allylic oxidation sites excluding steroid dienone is 8. The second kappa shape index (κ2) is 13.6. The summed E-state index contributed by atoms with van der Waals surface area (Å²) in [5.41, 5.74) is -0.0391. The van der Waals surface area contributed by atoms with E-state index in [1.807, 2.05) is 11.8 Å². The third-order valence-electron chi connectivity index (χ3n) is 7.40. The lowest BCUT2D eigenvalue weighted by Gasteiger charge is -2.28. The fourth-order valence-electron chi connectivity index (χ4n) is 5.03. The van der Waals surface area contributed by atoms with E-state index in [2.05, 4.69) is 79.7 Å². The van der Waals surface area contributed by atoms with E-state index in [9.17, 15) is 14.4 Å². The van der Waals surface area contributed by atoms with Crippen molar-refractivity contribution in [2.45, 2.75) is 120 Å². The first-order valence-electron chi connectivity index (χ1n) is 14.3. The zero-order chi connectivity index (χ0) is 27.9. The van der Waals surface area contributed by atoms with Gasteiger partial charge in [0, 0.05) is 33.9 Å². The summed E-state index contributed by atoms with van der Waals surface area (Å²) in [5.74, 6) is 0. The van der Waals surface area contributed by atoms with Crippen molar-refractivity contribution in [2.75, 3.05) is 13.2 Å². The maximum atomic E-state index is 13.5. The van der Waals surface area contributed by atoms with Crippen molar-refractivity contribution in [3.8, 4) is 0 Å². The molecular weight excluding hydrogens is 496 g/mol. The number of aliphatic hydroxyl groups is 2. The summed E-state index contributed by atoms with van der Waals surface area (Å²) in [6.07, 6.45) is 19.4. The Morgan fingerprint density at radius 1 is 0.676 bits per heavy atom. The summed E-state index contributed by atoms with van der Waals surface area (Å²) in [5, 5.41) is 19.0. The van der Waals surface area contributed by atoms with Gasteiger partial charge in [0.15, 0.2) is 0 Å². The van der Waals surface area contributed by atoms with Crippen LogP contribution in [0.15, 0.2) is 43.9 Å². The van der Waals surface area contributed by atoms with Crippen LogP contribution in [0.1, 0.15) is 120 Å². The molecule has 2 rings (SSSR count). The highest BCUT2D eigenvalue weighted by atomic mass is 32.2. The van der Waals surface area contributed by atoms with E-state index < -0.39 is 10.8 Å². The van der Waals surface area contributed by atoms with Crippen LogP contribution in [0.3, 0.4) is 0 Å². The summed E-state index contributed by atoms with van der Waals surface area (Å²) < 4.78 is 13.5. The highest BCUT2D eigenvalue weighted by Gasteiger charge is 2.27. The van der Waals surface area contributed by atoms with E-state index in [4.69, 9.17) is 0 Å². The van der Waals surface area contributed by atoms with Crippen LogP contribution < -0.4 is 0 Å². The number of hydrogen-bond donors (Lipinski definition) is 2. The minimum Gasteiger partial charge on any atom is -0.396 e. The molecule has 0 fully saturated rings. The quantitative estimate of drug-likeness (QED) is 0.200. The van der Waals surface area contributed by atoms with E-state index in [1.54, 1.807) is 0 Å². The van der Waals surface area contributed by atoms with Gasteiger partial charge in [-0.05, 0) is 72.0 Å². The first-order chi connectivity index (χ1) is 17.1. The summed E-state index contributed by atoms with van der Waals surface area (Å²) in [7, 11) is -1.04. The molecule has 1 unspecified atom stereocenters. The van der Waals surface area contributed by atoms with Gasteiger partial charge in [-0.25, -0.2) is 4.21 Å². The van der Waals surface area contributed by atoms with Crippen molar-refractivity contribution in [3.05, 3.63) is 43.9 Å². The van der Waals surface area contributed by atoms with Gasteiger partial charge >= 0.3 is 0 Å². The maximum absolute atomic E-state index is 13.5. The molecule has 0 radical (unpaired) electrons. The fraction of sp³-hybridized carbons (Fsp3) is 0.750. The average molecular weight is 551 g/mol. The molecule has 0 amide bonds. The predicted molar refractivity (Wildman–Crippen MR) is 164 cm³/mol. The van der Waals surface area contributed by atoms with Gasteiger partial charge in [0.1, 0.15) is 0 Å². The molecule has 0 aromatic heterocycles. The largest absolute Gasteiger partial charge is 0.396 e. The normalized spacial score (nSPS) is 21.7. The predicted octanol–water partition coefficient (Wildman–Crippen LogP) is 9.02. The Morgan fingerprint density at radius 3 is 1.62 bits per heavy atom. The summed E-state index contributed by atoms with van der Waals surface area (Å²) in [6, 6.07) is 0. The van der Waals surface area contributed by atoms with Crippen molar-refractivity contribution in [2.24, 2.45) is 21.7 Å². The van der Waals surface area contributed by atoms with E-state index in [0.29, 0.717) is 0 Å². The summed E-state index contributed by atoms with van der Waals surface area (Å²) in [6.45, 7) is 17.9. The first kappa shape index (κ1) is 32.6. The molecule has 0 saturated carbocycles. The van der Waals surface area contributed by atoms with E-state index in [1.165, 1.54) is 9.81 Å². The van der Waals surface area contributed by atoms with E-state index in [-0.39, 0.29) is 34.9 Å². The Labute approximate surface area is 234 Å². The molecular formula is C32H54O3S2. The zero-order valence-corrected chi connectivity index (χ0v) is 26.5. The molecule has 0 saturated heterocycles. The topological polar surface area (TPSA) is 57.5 Å². The Bertz CT molecular complexity index is 916. The fourth-order valence-corrected chi connectivity index (χ4v) is 8.32. The van der Waals surface area contributed by atoms with Gasteiger partial charge < -0.3 is 10.2 Å². The molecule has 2 aliphatic rings. The number of unbranched alkanes of at least 4 members (excludes halogenated alkanes) is 2. The average Bonchev–Trinajstić information content (AvgIpc) is 2.79. The molecule has 3 nitrogen and oxygen atoms in total. The van der Waals surface area contributed by atoms with Crippen molar-refractivity contribution in [3.63, 3.8) is 0 Å². The highest BCUT2D eigenvalue weighted by molar-refractivity contribution is 8.06. The van der Waals surface area contributed by atoms with Crippen LogP contribution in [0.5, 0.6) is 0 Å². The van der Waals surface area contributed by atoms with Crippen molar-refractivity contribution < 1.29 is 14.4 Å². The SMILES string of the molecule is CC1(C)C=C(CCCCC(C)(C)CO)SC(CCC2=CC(C)(C)C=C(CCCCC(C)(C)CO)S2=O)=C1. The van der Waals surface area contributed by atoms with Crippen LogP contribution in [-0.4, -0.2) is 27.6 Å². The van der Waals surface area contributed by atoms with Crippen LogP contribution in [0, 0.1) is 21.7 Å². The van der Waals surface area contributed by atoms with Gasteiger partial charge in [-0.15, -0.1) is 0 Å². The monoisotopic (exact) mass is 550 g/mol. The lowest BCUT2D eigenvalue weighted by Crippen LogP contribution is -2.17. The van der Waals surface area contributed by atoms with Gasteiger partial charge in [0.25, 0.3) is 0 Å². The summed E-state index contributed by atoms with van der Waals surface area (Å²) >= 11 is 1.92. The Balaban J connectivity index is 1.93. The Hall–Kier alpha value is -0.620. The molecule has 2 aliphatic heterocycles. The molecule has 0 aliphatic carbocycles. The van der Waals surface area contributed by atoms with E-state index in [0.717, 1.165) is 74.0 Å². The molecule has 0 bridgehead atoms. The van der Waals surface area contributed by atoms with Gasteiger partial charge in [-0.3, -0.25) is 0 Å². The van der Waals surface area contributed by atoms with Gasteiger partial charge in [0.05, 0.1) is 10.8 Å². The van der Waals surface area contributed by atoms with Crippen LogP contribution in [0.25, 0.3) is 0 Å². The smallest absolute Gasteiger partial charge is 0.0761 e. The van der Waals surface area contributed by atoms with Crippen LogP contribution >= 0.6 is 11.8 Å². The summed E-state index contributed by atoms with van der Waals surface area (Å²) in [4.78, 5) is 5.02. The third-order valence-corrected chi connectivity index (χ3v) is 10.2. The van der Waals surface area contributed by atoms with Crippen LogP contribution in [0.2, 0.25) is 0 Å². The number of aliphatic hydroxyl groups excluding tert-OH is 2. The Morgan fingerprint density at radius 2 is 1.11 bits per heavy atom. The Kier molecular flexibility index (Phi) is 12.0. The van der Waals surface area contributed by atoms with Crippen LogP contribution in [0.4, 0.5) is 0 Å². The van der Waals surface area contributed by atoms with E-state index >= 15 is 0 Å². The number of rotatable bonds is 15. The molecule has 2 N–H and O–H groups in total. The van der Waals surface area contributed by atoms with Crippen molar-refractivity contribution in [1.29, 1.82) is 0 Å². The van der Waals surface area contributed by atoms with Crippen molar-refractivity contribution >= 4 is 22.6 Å². The third kappa shape index (κ3) is 11.6. The molecule has 212 valence electrons. The molecule has 0 aromatic carbocycles.